The van der Waals surface area contributed by atoms with E-state index in [-0.39, 0.29) is 23.1 Å². The van der Waals surface area contributed by atoms with Crippen LogP contribution in [0.25, 0.3) is 0 Å². The highest BCUT2D eigenvalue weighted by molar-refractivity contribution is 5.95. The summed E-state index contributed by atoms with van der Waals surface area (Å²) in [6.45, 7) is 15.7. The first kappa shape index (κ1) is 21.6. The van der Waals surface area contributed by atoms with E-state index < -0.39 is 5.60 Å². The van der Waals surface area contributed by atoms with Crippen molar-refractivity contribution in [1.82, 2.24) is 0 Å². The number of ether oxygens (including phenoxy) is 1. The summed E-state index contributed by atoms with van der Waals surface area (Å²) in [4.78, 5) is 24.3. The number of Topliss-reactive ketones (excluding diaryl/α,β-unsaturated/α-hetero) is 1. The van der Waals surface area contributed by atoms with Crippen LogP contribution in [0.4, 0.5) is 0 Å². The molecule has 132 valence electrons. The summed E-state index contributed by atoms with van der Waals surface area (Å²) < 4.78 is 5.43. The van der Waals surface area contributed by atoms with Crippen LogP contribution in [-0.4, -0.2) is 17.4 Å². The number of carbonyl (C=O) groups is 2. The van der Waals surface area contributed by atoms with Crippen LogP contribution in [-0.2, 0) is 14.3 Å². The van der Waals surface area contributed by atoms with Gasteiger partial charge >= 0.3 is 5.97 Å². The van der Waals surface area contributed by atoms with Gasteiger partial charge in [0.1, 0.15) is 5.60 Å². The quantitative estimate of drug-likeness (QED) is 0.365. The van der Waals surface area contributed by atoms with Crippen LogP contribution in [0.5, 0.6) is 0 Å². The summed E-state index contributed by atoms with van der Waals surface area (Å²) in [5.41, 5.74) is 0.243. The topological polar surface area (TPSA) is 43.4 Å². The molecule has 3 heteroatoms. The molecule has 0 bridgehead atoms. The smallest absolute Gasteiger partial charge is 0.306 e. The lowest BCUT2D eigenvalue weighted by atomic mass is 9.75. The van der Waals surface area contributed by atoms with Crippen molar-refractivity contribution in [2.24, 2.45) is 11.3 Å². The van der Waals surface area contributed by atoms with Crippen LogP contribution < -0.4 is 0 Å². The Morgan fingerprint density at radius 1 is 1.09 bits per heavy atom. The number of carbonyl (C=O) groups excluding carboxylic acids is 2. The van der Waals surface area contributed by atoms with Gasteiger partial charge in [0.2, 0.25) is 0 Å². The van der Waals surface area contributed by atoms with Gasteiger partial charge in [0.15, 0.2) is 5.78 Å². The van der Waals surface area contributed by atoms with Crippen LogP contribution in [0.15, 0.2) is 23.8 Å². The van der Waals surface area contributed by atoms with Crippen molar-refractivity contribution in [2.45, 2.75) is 80.3 Å². The first-order valence-electron chi connectivity index (χ1n) is 8.41. The average Bonchev–Trinajstić information content (AvgIpc) is 2.36. The van der Waals surface area contributed by atoms with Crippen molar-refractivity contribution >= 4 is 11.8 Å². The van der Waals surface area contributed by atoms with Crippen LogP contribution in [0.2, 0.25) is 0 Å². The molecule has 0 aromatic heterocycles. The SMILES string of the molecule is C/C=C\C=C(/C)C(=O)CCC(CC(=O)OC(C)(C)C)C(C)(C)C. The maximum atomic E-state index is 12.2. The molecule has 0 N–H and O–H groups in total. The van der Waals surface area contributed by atoms with Crippen LogP contribution in [0.1, 0.15) is 74.7 Å². The largest absolute Gasteiger partial charge is 0.460 e. The second kappa shape index (κ2) is 9.05. The Morgan fingerprint density at radius 2 is 1.65 bits per heavy atom. The Bertz CT molecular complexity index is 456. The van der Waals surface area contributed by atoms with Gasteiger partial charge in [-0.2, -0.15) is 0 Å². The van der Waals surface area contributed by atoms with Gasteiger partial charge in [0.25, 0.3) is 0 Å². The normalized spacial score (nSPS) is 14.9. The van der Waals surface area contributed by atoms with Crippen LogP contribution >= 0.6 is 0 Å². The van der Waals surface area contributed by atoms with Gasteiger partial charge in [-0.1, -0.05) is 39.0 Å². The van der Waals surface area contributed by atoms with Crippen molar-refractivity contribution in [1.29, 1.82) is 0 Å². The fourth-order valence-electron chi connectivity index (χ4n) is 2.26. The zero-order chi connectivity index (χ0) is 18.3. The summed E-state index contributed by atoms with van der Waals surface area (Å²) >= 11 is 0. The molecule has 0 saturated heterocycles. The Labute approximate surface area is 142 Å². The molecule has 1 atom stereocenters. The summed E-state index contributed by atoms with van der Waals surface area (Å²) in [7, 11) is 0. The molecule has 0 saturated carbocycles. The lowest BCUT2D eigenvalue weighted by molar-refractivity contribution is -0.157. The third kappa shape index (κ3) is 10.1. The predicted octanol–water partition coefficient (Wildman–Crippen LogP) is 5.25. The standard InChI is InChI=1S/C20H34O3/c1-9-10-11-15(2)17(21)13-12-16(19(3,4)5)14-18(22)23-20(6,7)8/h9-11,16H,12-14H2,1-8H3/b10-9-,15-11+. The van der Waals surface area contributed by atoms with E-state index in [9.17, 15) is 9.59 Å². The molecule has 0 spiro atoms. The molecule has 0 amide bonds. The van der Waals surface area contributed by atoms with Crippen molar-refractivity contribution < 1.29 is 14.3 Å². The molecule has 3 nitrogen and oxygen atoms in total. The van der Waals surface area contributed by atoms with E-state index in [0.29, 0.717) is 19.3 Å². The zero-order valence-corrected chi connectivity index (χ0v) is 16.2. The second-order valence-electron chi connectivity index (χ2n) is 8.19. The Kier molecular flexibility index (Phi) is 8.50. The molecule has 0 aliphatic rings. The van der Waals surface area contributed by atoms with Gasteiger partial charge in [0.05, 0.1) is 0 Å². The predicted molar refractivity (Wildman–Crippen MR) is 96.2 cm³/mol. The van der Waals surface area contributed by atoms with Crippen LogP contribution in [0.3, 0.4) is 0 Å². The van der Waals surface area contributed by atoms with Gasteiger partial charge < -0.3 is 4.74 Å². The number of rotatable bonds is 7. The van der Waals surface area contributed by atoms with E-state index in [1.54, 1.807) is 0 Å². The molecular weight excluding hydrogens is 288 g/mol. The lowest BCUT2D eigenvalue weighted by Crippen LogP contribution is -2.29. The molecule has 0 fully saturated rings. The highest BCUT2D eigenvalue weighted by Gasteiger charge is 2.29. The summed E-state index contributed by atoms with van der Waals surface area (Å²) in [6.07, 6.45) is 7.12. The van der Waals surface area contributed by atoms with Gasteiger partial charge in [-0.15, -0.1) is 0 Å². The minimum Gasteiger partial charge on any atom is -0.460 e. The van der Waals surface area contributed by atoms with E-state index in [1.807, 2.05) is 52.8 Å². The fourth-order valence-corrected chi connectivity index (χ4v) is 2.26. The summed E-state index contributed by atoms with van der Waals surface area (Å²) in [5, 5.41) is 0. The summed E-state index contributed by atoms with van der Waals surface area (Å²) in [6, 6.07) is 0. The van der Waals surface area contributed by atoms with Crippen LogP contribution in [0, 0.1) is 11.3 Å². The second-order valence-corrected chi connectivity index (χ2v) is 8.19. The van der Waals surface area contributed by atoms with E-state index >= 15 is 0 Å². The molecular formula is C20H34O3. The van der Waals surface area contributed by atoms with E-state index in [2.05, 4.69) is 20.8 Å². The van der Waals surface area contributed by atoms with Gasteiger partial charge in [0, 0.05) is 12.8 Å². The van der Waals surface area contributed by atoms with Crippen molar-refractivity contribution in [3.63, 3.8) is 0 Å². The molecule has 0 rings (SSSR count). The van der Waals surface area contributed by atoms with Crippen molar-refractivity contribution in [3.8, 4) is 0 Å². The van der Waals surface area contributed by atoms with Gasteiger partial charge in [-0.05, 0) is 57.9 Å². The maximum Gasteiger partial charge on any atom is 0.306 e. The van der Waals surface area contributed by atoms with Gasteiger partial charge in [-0.3, -0.25) is 9.59 Å². The Morgan fingerprint density at radius 3 is 2.09 bits per heavy atom. The minimum atomic E-state index is -0.471. The number of hydrogen-bond donors (Lipinski definition) is 0. The number of hydrogen-bond acceptors (Lipinski definition) is 3. The number of ketones is 1. The summed E-state index contributed by atoms with van der Waals surface area (Å²) in [5.74, 6) is 0.0726. The van der Waals surface area contributed by atoms with E-state index in [1.165, 1.54) is 0 Å². The Balaban J connectivity index is 4.77. The van der Waals surface area contributed by atoms with Crippen molar-refractivity contribution in [2.75, 3.05) is 0 Å². The first-order valence-corrected chi connectivity index (χ1v) is 8.41. The highest BCUT2D eigenvalue weighted by atomic mass is 16.6. The van der Waals surface area contributed by atoms with E-state index in [0.717, 1.165) is 5.57 Å². The third-order valence-corrected chi connectivity index (χ3v) is 3.76. The van der Waals surface area contributed by atoms with Gasteiger partial charge in [-0.25, -0.2) is 0 Å². The molecule has 0 aromatic rings. The minimum absolute atomic E-state index is 0.0435. The zero-order valence-electron chi connectivity index (χ0n) is 16.2. The lowest BCUT2D eigenvalue weighted by Gasteiger charge is -2.31. The Hall–Kier alpha value is -1.38. The molecule has 0 aliphatic heterocycles. The third-order valence-electron chi connectivity index (χ3n) is 3.76. The monoisotopic (exact) mass is 322 g/mol. The molecule has 0 aliphatic carbocycles. The number of allylic oxidation sites excluding steroid dienone is 4. The average molecular weight is 322 g/mol. The molecule has 0 radical (unpaired) electrons. The molecule has 0 heterocycles. The highest BCUT2D eigenvalue weighted by Crippen LogP contribution is 2.33. The number of esters is 1. The molecule has 1 unspecified atom stereocenters. The van der Waals surface area contributed by atoms with Crippen molar-refractivity contribution in [3.05, 3.63) is 23.8 Å². The molecule has 23 heavy (non-hydrogen) atoms. The molecule has 0 aromatic carbocycles. The fraction of sp³-hybridized carbons (Fsp3) is 0.700. The maximum absolute atomic E-state index is 12.2. The van der Waals surface area contributed by atoms with E-state index in [4.69, 9.17) is 4.74 Å². The first-order chi connectivity index (χ1) is 10.4.